The van der Waals surface area contributed by atoms with Gasteiger partial charge in [0.15, 0.2) is 0 Å². The van der Waals surface area contributed by atoms with Crippen molar-refractivity contribution in [2.45, 2.75) is 25.3 Å². The van der Waals surface area contributed by atoms with Gasteiger partial charge in [0.1, 0.15) is 6.04 Å². The van der Waals surface area contributed by atoms with Gasteiger partial charge in [-0.2, -0.15) is 0 Å². The molecule has 13 heavy (non-hydrogen) atoms. The van der Waals surface area contributed by atoms with E-state index in [2.05, 4.69) is 0 Å². The molecular weight excluding hydrogens is 178 g/mol. The number of ketones is 1. The number of carboxylic acids is 2. The first-order valence-corrected chi connectivity index (χ1v) is 3.65. The largest absolute Gasteiger partial charge is 0.480 e. The second-order valence-corrected chi connectivity index (χ2v) is 2.51. The summed E-state index contributed by atoms with van der Waals surface area (Å²) in [5.41, 5.74) is 6.92. The lowest BCUT2D eigenvalue weighted by atomic mass is 10.1. The molecule has 1 atom stereocenters. The average molecular weight is 188 g/mol. The predicted octanol–water partition coefficient (Wildman–Crippen LogP) is -0.454. The van der Waals surface area contributed by atoms with Gasteiger partial charge in [0, 0.05) is 6.42 Å². The molecule has 1 radical (unpaired) electrons. The first kappa shape index (κ1) is 11.6. The second-order valence-electron chi connectivity index (χ2n) is 2.51. The van der Waals surface area contributed by atoms with Crippen LogP contribution in [-0.4, -0.2) is 34.0 Å². The molecular formula is C7H10NO5. The summed E-state index contributed by atoms with van der Waals surface area (Å²) in [5.74, 6) is -3.72. The molecule has 0 heterocycles. The highest BCUT2D eigenvalue weighted by molar-refractivity contribution is 6.32. The van der Waals surface area contributed by atoms with Crippen LogP contribution in [0.2, 0.25) is 0 Å². The van der Waals surface area contributed by atoms with Gasteiger partial charge >= 0.3 is 11.9 Å². The lowest BCUT2D eigenvalue weighted by Gasteiger charge is -2.02. The zero-order valence-electron chi connectivity index (χ0n) is 6.82. The van der Waals surface area contributed by atoms with Gasteiger partial charge in [-0.25, -0.2) is 10.5 Å². The van der Waals surface area contributed by atoms with E-state index in [0.29, 0.717) is 0 Å². The quantitative estimate of drug-likeness (QED) is 0.547. The summed E-state index contributed by atoms with van der Waals surface area (Å²) < 4.78 is 0. The summed E-state index contributed by atoms with van der Waals surface area (Å²) in [6, 6.07) is -1.28. The lowest BCUT2D eigenvalue weighted by Crippen LogP contribution is -2.22. The maximum absolute atomic E-state index is 10.5. The molecule has 6 heteroatoms. The fraction of sp³-hybridized carbons (Fsp3) is 0.571. The van der Waals surface area contributed by atoms with Crippen molar-refractivity contribution in [3.05, 3.63) is 0 Å². The van der Waals surface area contributed by atoms with Crippen molar-refractivity contribution in [3.8, 4) is 0 Å². The summed E-state index contributed by atoms with van der Waals surface area (Å²) in [4.78, 5) is 30.6. The molecule has 0 aromatic rings. The van der Waals surface area contributed by atoms with E-state index in [1.165, 1.54) is 0 Å². The van der Waals surface area contributed by atoms with Crippen molar-refractivity contribution in [2.75, 3.05) is 0 Å². The number of nitrogens with one attached hydrogen (secondary N) is 1. The number of carbonyl (C=O) groups is 3. The third kappa shape index (κ3) is 4.91. The second kappa shape index (κ2) is 5.26. The van der Waals surface area contributed by atoms with Gasteiger partial charge in [-0.1, -0.05) is 0 Å². The molecule has 0 aliphatic heterocycles. The molecule has 0 bridgehead atoms. The molecule has 1 unspecified atom stereocenters. The van der Waals surface area contributed by atoms with Crippen molar-refractivity contribution in [2.24, 2.45) is 0 Å². The van der Waals surface area contributed by atoms with Crippen molar-refractivity contribution >= 4 is 17.7 Å². The molecule has 0 rings (SSSR count). The van der Waals surface area contributed by atoms with Crippen LogP contribution in [0.25, 0.3) is 0 Å². The third-order valence-corrected chi connectivity index (χ3v) is 1.43. The van der Waals surface area contributed by atoms with Gasteiger partial charge < -0.3 is 10.2 Å². The minimum absolute atomic E-state index is 0.00560. The van der Waals surface area contributed by atoms with Crippen LogP contribution in [0.4, 0.5) is 0 Å². The van der Waals surface area contributed by atoms with E-state index in [1.54, 1.807) is 0 Å². The topological polar surface area (TPSA) is 115 Å². The number of rotatable bonds is 6. The van der Waals surface area contributed by atoms with Crippen LogP contribution in [0.15, 0.2) is 0 Å². The zero-order valence-corrected chi connectivity index (χ0v) is 6.82. The van der Waals surface area contributed by atoms with E-state index < -0.39 is 23.8 Å². The number of carbonyl (C=O) groups excluding carboxylic acids is 1. The van der Waals surface area contributed by atoms with Crippen LogP contribution in [-0.2, 0) is 14.4 Å². The Labute approximate surface area is 74.3 Å². The average Bonchev–Trinajstić information content (AvgIpc) is 2.03. The summed E-state index contributed by atoms with van der Waals surface area (Å²) in [7, 11) is 0. The highest BCUT2D eigenvalue weighted by Gasteiger charge is 2.15. The molecule has 73 valence electrons. The van der Waals surface area contributed by atoms with Crippen molar-refractivity contribution in [1.29, 1.82) is 0 Å². The zero-order chi connectivity index (χ0) is 10.4. The Morgan fingerprint density at radius 2 is 1.77 bits per heavy atom. The van der Waals surface area contributed by atoms with Crippen LogP contribution in [0.1, 0.15) is 19.3 Å². The third-order valence-electron chi connectivity index (χ3n) is 1.43. The van der Waals surface area contributed by atoms with Crippen LogP contribution < -0.4 is 5.73 Å². The van der Waals surface area contributed by atoms with E-state index in [9.17, 15) is 14.4 Å². The molecule has 0 fully saturated rings. The molecule has 0 aromatic carbocycles. The molecule has 3 N–H and O–H groups in total. The monoisotopic (exact) mass is 188 g/mol. The van der Waals surface area contributed by atoms with Crippen molar-refractivity contribution < 1.29 is 24.6 Å². The fourth-order valence-electron chi connectivity index (χ4n) is 0.697. The number of aliphatic carboxylic acids is 2. The highest BCUT2D eigenvalue weighted by atomic mass is 16.4. The van der Waals surface area contributed by atoms with Crippen LogP contribution >= 0.6 is 0 Å². The van der Waals surface area contributed by atoms with E-state index in [0.717, 1.165) is 0 Å². The fourth-order valence-corrected chi connectivity index (χ4v) is 0.697. The van der Waals surface area contributed by atoms with E-state index in [1.807, 2.05) is 0 Å². The molecule has 0 aromatic heterocycles. The summed E-state index contributed by atoms with van der Waals surface area (Å²) in [6.45, 7) is 0. The molecule has 0 aliphatic carbocycles. The number of Topliss-reactive ketones (excluding diaryl/α,β-unsaturated/α-hetero) is 1. The van der Waals surface area contributed by atoms with E-state index in [-0.39, 0.29) is 19.3 Å². The van der Waals surface area contributed by atoms with E-state index >= 15 is 0 Å². The van der Waals surface area contributed by atoms with Crippen molar-refractivity contribution in [3.63, 3.8) is 0 Å². The van der Waals surface area contributed by atoms with E-state index in [4.69, 9.17) is 15.9 Å². The first-order valence-electron chi connectivity index (χ1n) is 3.65. The minimum Gasteiger partial charge on any atom is -0.480 e. The minimum atomic E-state index is -1.52. The molecule has 0 spiro atoms. The summed E-state index contributed by atoms with van der Waals surface area (Å²) in [6.07, 6.45) is -0.0993. The number of carboxylic acid groups (broad SMARTS) is 2. The number of hydrogen-bond acceptors (Lipinski definition) is 3. The molecule has 6 nitrogen and oxygen atoms in total. The Hall–Kier alpha value is -1.43. The molecule has 0 saturated heterocycles. The Balaban J connectivity index is 3.62. The molecule has 0 aliphatic rings. The van der Waals surface area contributed by atoms with Gasteiger partial charge in [0.25, 0.3) is 0 Å². The Morgan fingerprint density at radius 1 is 1.23 bits per heavy atom. The SMILES string of the molecule is [NH]C(CCCC(=O)C(=O)O)C(=O)O. The standard InChI is InChI=1S/C7H10NO5/c8-4(6(10)11)2-1-3-5(9)7(12)13/h4,8H,1-3H2,(H,10,11)(H,12,13). The lowest BCUT2D eigenvalue weighted by molar-refractivity contribution is -0.149. The maximum atomic E-state index is 10.5. The number of hydrogen-bond donors (Lipinski definition) is 2. The van der Waals surface area contributed by atoms with Gasteiger partial charge in [-0.05, 0) is 12.8 Å². The Kier molecular flexibility index (Phi) is 4.68. The smallest absolute Gasteiger partial charge is 0.372 e. The van der Waals surface area contributed by atoms with Crippen LogP contribution in [0, 0.1) is 0 Å². The molecule has 0 amide bonds. The maximum Gasteiger partial charge on any atom is 0.372 e. The predicted molar refractivity (Wildman–Crippen MR) is 41.0 cm³/mol. The van der Waals surface area contributed by atoms with Crippen LogP contribution in [0.5, 0.6) is 0 Å². The molecule has 0 saturated carbocycles. The van der Waals surface area contributed by atoms with Crippen molar-refractivity contribution in [1.82, 2.24) is 5.73 Å². The van der Waals surface area contributed by atoms with Crippen LogP contribution in [0.3, 0.4) is 0 Å². The highest BCUT2D eigenvalue weighted by Crippen LogP contribution is 2.01. The van der Waals surface area contributed by atoms with Gasteiger partial charge in [0.2, 0.25) is 5.78 Å². The normalized spacial score (nSPS) is 12.1. The summed E-state index contributed by atoms with van der Waals surface area (Å²) >= 11 is 0. The van der Waals surface area contributed by atoms with Gasteiger partial charge in [-0.15, -0.1) is 0 Å². The summed E-state index contributed by atoms with van der Waals surface area (Å²) in [5, 5.41) is 16.4. The Bertz CT molecular complexity index is 225. The first-order chi connectivity index (χ1) is 5.95. The van der Waals surface area contributed by atoms with Gasteiger partial charge in [0.05, 0.1) is 0 Å². The Morgan fingerprint density at radius 3 is 2.15 bits per heavy atom. The van der Waals surface area contributed by atoms with Gasteiger partial charge in [-0.3, -0.25) is 9.59 Å².